The van der Waals surface area contributed by atoms with E-state index in [1.807, 2.05) is 21.8 Å². The Hall–Kier alpha value is -3.23. The van der Waals surface area contributed by atoms with Crippen LogP contribution in [0.25, 0.3) is 0 Å². The molecule has 10 rings (SSSR count). The number of aliphatic imine (C=N–C) groups is 1. The van der Waals surface area contributed by atoms with Crippen LogP contribution in [0.2, 0.25) is 0 Å². The molecular formula is C51H76N6O6S2. The second kappa shape index (κ2) is 20.2. The van der Waals surface area contributed by atoms with Gasteiger partial charge in [-0.05, 0) is 164 Å². The lowest BCUT2D eigenvalue weighted by Gasteiger charge is -2.45. The van der Waals surface area contributed by atoms with E-state index in [4.69, 9.17) is 25.9 Å². The zero-order valence-electron chi connectivity index (χ0n) is 38.9. The number of phenolic OH excluding ortho intramolecular Hbond substituents is 1. The molecule has 4 saturated carbocycles. The van der Waals surface area contributed by atoms with Crippen LogP contribution in [0.5, 0.6) is 11.5 Å². The van der Waals surface area contributed by atoms with Crippen LogP contribution in [0.4, 0.5) is 0 Å². The summed E-state index contributed by atoms with van der Waals surface area (Å²) in [7, 11) is 4.12. The van der Waals surface area contributed by atoms with Crippen LogP contribution < -0.4 is 26.8 Å². The number of aryl methyl sites for hydroxylation is 1. The van der Waals surface area contributed by atoms with Crippen molar-refractivity contribution in [3.63, 3.8) is 0 Å². The Labute approximate surface area is 395 Å². The largest absolute Gasteiger partial charge is 0.504 e. The van der Waals surface area contributed by atoms with Crippen molar-refractivity contribution in [3.8, 4) is 11.5 Å². The van der Waals surface area contributed by atoms with Gasteiger partial charge in [-0.15, -0.1) is 0 Å². The van der Waals surface area contributed by atoms with Crippen LogP contribution >= 0.6 is 21.6 Å². The minimum absolute atomic E-state index is 0.0520. The monoisotopic (exact) mass is 933 g/mol. The maximum Gasteiger partial charge on any atom is 0.302 e. The Balaban J connectivity index is 1.04. The van der Waals surface area contributed by atoms with E-state index in [2.05, 4.69) is 33.6 Å². The summed E-state index contributed by atoms with van der Waals surface area (Å²) in [6.07, 6.45) is 26.3. The zero-order valence-corrected chi connectivity index (χ0v) is 40.5. The number of hydrogen-bond acceptors (Lipinski definition) is 13. The van der Waals surface area contributed by atoms with Gasteiger partial charge < -0.3 is 46.7 Å². The topological polar surface area (TPSA) is 185 Å². The number of carbonyl (C=O) groups is 2. The first-order valence-corrected chi connectivity index (χ1v) is 27.6. The van der Waals surface area contributed by atoms with E-state index in [0.29, 0.717) is 105 Å². The number of esters is 1. The molecule has 2 spiro atoms. The van der Waals surface area contributed by atoms with Crippen LogP contribution in [0.1, 0.15) is 165 Å². The molecule has 12 nitrogen and oxygen atoms in total. The van der Waals surface area contributed by atoms with Crippen molar-refractivity contribution >= 4 is 39.4 Å². The van der Waals surface area contributed by atoms with E-state index in [1.54, 1.807) is 0 Å². The Morgan fingerprint density at radius 2 is 1.77 bits per heavy atom. The van der Waals surface area contributed by atoms with Crippen molar-refractivity contribution in [1.82, 2.24) is 15.5 Å². The number of nitrogens with zero attached hydrogens (tertiary/aromatic N) is 2. The molecule has 9 aliphatic rings. The lowest BCUT2D eigenvalue weighted by Crippen LogP contribution is -2.55. The molecule has 0 aromatic heterocycles. The smallest absolute Gasteiger partial charge is 0.302 e. The highest BCUT2D eigenvalue weighted by atomic mass is 33.1. The van der Waals surface area contributed by atoms with Crippen molar-refractivity contribution < 1.29 is 29.3 Å². The molecule has 5 heterocycles. The zero-order chi connectivity index (χ0) is 45.2. The van der Waals surface area contributed by atoms with Gasteiger partial charge in [0.25, 0.3) is 0 Å². The van der Waals surface area contributed by atoms with Crippen molar-refractivity contribution in [1.29, 1.82) is 0 Å². The molecule has 6 unspecified atom stereocenters. The molecule has 1 aromatic rings. The fraction of sp³-hybridized carbons (Fsp3) is 0.745. The van der Waals surface area contributed by atoms with Gasteiger partial charge in [0.15, 0.2) is 17.5 Å². The second-order valence-corrected chi connectivity index (χ2v) is 24.3. The van der Waals surface area contributed by atoms with E-state index >= 15 is 0 Å². The molecule has 5 fully saturated rings. The van der Waals surface area contributed by atoms with E-state index in [9.17, 15) is 19.8 Å². The number of rotatable bonds is 3. The number of amides is 1. The van der Waals surface area contributed by atoms with Gasteiger partial charge in [0.2, 0.25) is 5.91 Å². The third-order valence-corrected chi connectivity index (χ3v) is 20.8. The third-order valence-electron chi connectivity index (χ3n) is 17.0. The Bertz CT molecular complexity index is 1990. The van der Waals surface area contributed by atoms with Crippen molar-refractivity contribution in [2.24, 2.45) is 39.1 Å². The van der Waals surface area contributed by atoms with E-state index < -0.39 is 17.6 Å². The van der Waals surface area contributed by atoms with Gasteiger partial charge in [-0.25, -0.2) is 0 Å². The standard InChI is InChI=1S/C51H76N6O6S2/c1-33(58)62-40-14-11-37-27-38(46(61)47-42(37)17-12-36-6-4-7-43(36)63-47)31-57-32-49(30-45(57)60,29-35-18-24-54-44(52)26-35)23-25-55-48(53)56-51(22-5-21-50(51)19-2-3-20-50)65-64-41-15-9-34(10-16-41)8-13-39(59)28-40/h18,26-27,34,36,39-41,43,54,59,61H,2-17,19-25,28-32,52H2,1H3,(H3,53,55,56). The second-order valence-electron chi connectivity index (χ2n) is 21.5. The number of dihydropyridines is 1. The predicted octanol–water partition coefficient (Wildman–Crippen LogP) is 8.41. The molecular weight excluding hydrogens is 857 g/mol. The van der Waals surface area contributed by atoms with Crippen molar-refractivity contribution in [3.05, 3.63) is 46.3 Å². The fourth-order valence-corrected chi connectivity index (χ4v) is 17.5. The number of ether oxygens (including phenoxy) is 2. The number of hydrogen-bond donors (Lipinski definition) is 6. The molecule has 4 aliphatic carbocycles. The van der Waals surface area contributed by atoms with Crippen LogP contribution in [-0.4, -0.2) is 81.0 Å². The lowest BCUT2D eigenvalue weighted by molar-refractivity contribution is -0.148. The van der Waals surface area contributed by atoms with Gasteiger partial charge in [0.05, 0.1) is 11.9 Å². The Morgan fingerprint density at radius 1 is 0.969 bits per heavy atom. The average molecular weight is 933 g/mol. The molecule has 5 aliphatic heterocycles. The first kappa shape index (κ1) is 46.9. The number of aliphatic hydroxyl groups is 1. The number of nitrogens with two attached hydrogens (primary N) is 2. The van der Waals surface area contributed by atoms with E-state index in [1.165, 1.54) is 71.1 Å². The molecule has 0 radical (unpaired) electrons. The number of carbonyl (C=O) groups excluding carboxylic acids is 2. The summed E-state index contributed by atoms with van der Waals surface area (Å²) < 4.78 is 12.7. The van der Waals surface area contributed by atoms with Gasteiger partial charge in [0.1, 0.15) is 17.1 Å². The molecule has 1 amide bonds. The molecule has 1 saturated heterocycles. The molecule has 14 heteroatoms. The minimum Gasteiger partial charge on any atom is -0.504 e. The van der Waals surface area contributed by atoms with Crippen LogP contribution in [0.3, 0.4) is 0 Å². The quantitative estimate of drug-likeness (QED) is 0.126. The summed E-state index contributed by atoms with van der Waals surface area (Å²) in [4.78, 5) is 33.7. The summed E-state index contributed by atoms with van der Waals surface area (Å²) in [5.74, 6) is 2.58. The highest BCUT2D eigenvalue weighted by molar-refractivity contribution is 8.77. The summed E-state index contributed by atoms with van der Waals surface area (Å²) in [5, 5.41) is 31.3. The van der Waals surface area contributed by atoms with Crippen LogP contribution in [-0.2, 0) is 33.7 Å². The lowest BCUT2D eigenvalue weighted by atomic mass is 9.77. The first-order chi connectivity index (χ1) is 31.4. The number of aliphatic hydroxyl groups excluding tert-OH is 1. The fourth-order valence-electron chi connectivity index (χ4n) is 13.5. The number of aromatic hydroxyl groups is 1. The SMILES string of the molecule is CC(=O)OC1CCc2cc(c(O)c3c2CCC2CCCC2O3)CN2CC(CC3=CCNC(N)=C3)(CCN=C(N)NC3(CCCC34CCCC4)SSC3CCC(CCC(O)C1)CC3)CC2=O. The number of benzene rings is 1. The maximum absolute atomic E-state index is 14.4. The summed E-state index contributed by atoms with van der Waals surface area (Å²) >= 11 is 0. The van der Waals surface area contributed by atoms with Crippen LogP contribution in [0, 0.1) is 22.7 Å². The van der Waals surface area contributed by atoms with Gasteiger partial charge in [-0.3, -0.25) is 14.6 Å². The summed E-state index contributed by atoms with van der Waals surface area (Å²) in [6, 6.07) is 2.08. The van der Waals surface area contributed by atoms with Gasteiger partial charge in [0, 0.05) is 73.2 Å². The molecule has 65 heavy (non-hydrogen) atoms. The molecule has 8 N–H and O–H groups in total. The van der Waals surface area contributed by atoms with Crippen molar-refractivity contribution in [2.75, 3.05) is 19.6 Å². The minimum atomic E-state index is -0.562. The van der Waals surface area contributed by atoms with Crippen molar-refractivity contribution in [2.45, 2.75) is 196 Å². The van der Waals surface area contributed by atoms with Gasteiger partial charge in [-0.1, -0.05) is 40.5 Å². The first-order valence-electron chi connectivity index (χ1n) is 25.4. The van der Waals surface area contributed by atoms with E-state index in [0.717, 1.165) is 61.6 Å². The number of allylic oxidation sites excluding steroid dienone is 2. The molecule has 358 valence electrons. The predicted molar refractivity (Wildman–Crippen MR) is 260 cm³/mol. The Kier molecular flexibility index (Phi) is 14.5. The van der Waals surface area contributed by atoms with Crippen LogP contribution in [0.15, 0.2) is 34.6 Å². The number of guanidine groups is 1. The normalized spacial score (nSPS) is 34.6. The number of phenols is 1. The summed E-state index contributed by atoms with van der Waals surface area (Å²) in [6.45, 7) is 3.36. The highest BCUT2D eigenvalue weighted by Crippen LogP contribution is 2.64. The van der Waals surface area contributed by atoms with E-state index in [-0.39, 0.29) is 40.6 Å². The van der Waals surface area contributed by atoms with Gasteiger partial charge in [-0.2, -0.15) is 0 Å². The molecule has 1 aromatic carbocycles. The number of fused-ring (bicyclic) bond motifs is 14. The van der Waals surface area contributed by atoms with Gasteiger partial charge >= 0.3 is 5.97 Å². The third kappa shape index (κ3) is 10.6. The molecule has 6 bridgehead atoms. The highest BCUT2D eigenvalue weighted by Gasteiger charge is 2.57. The Morgan fingerprint density at radius 3 is 2.57 bits per heavy atom. The average Bonchev–Trinajstić information content (AvgIpc) is 4.05. The maximum atomic E-state index is 14.4. The molecule has 6 atom stereocenters. The summed E-state index contributed by atoms with van der Waals surface area (Å²) in [5.41, 5.74) is 16.9. The number of nitrogens with one attached hydrogen (secondary N) is 2.